The van der Waals surface area contributed by atoms with Crippen molar-refractivity contribution in [3.8, 4) is 0 Å². The molecule has 1 aromatic carbocycles. The van der Waals surface area contributed by atoms with Crippen LogP contribution < -0.4 is 10.6 Å². The molecule has 33 heavy (non-hydrogen) atoms. The smallest absolute Gasteiger partial charge is 0.328 e. The number of rotatable bonds is 12. The Kier molecular flexibility index (Phi) is 10.6. The zero-order chi connectivity index (χ0) is 26.1. The first kappa shape index (κ1) is 26.6. The number of hydrogen-bond donors (Lipinski definition) is 2. The van der Waals surface area contributed by atoms with E-state index in [0.717, 1.165) is 0 Å². The summed E-state index contributed by atoms with van der Waals surface area (Å²) in [7, 11) is 0. The minimum Gasteiger partial charge on any atom is -0.466 e. The summed E-state index contributed by atoms with van der Waals surface area (Å²) in [6, 6.07) is 4.40. The lowest BCUT2D eigenvalue weighted by Crippen LogP contribution is -2.56. The molecule has 0 aromatic heterocycles. The van der Waals surface area contributed by atoms with E-state index in [-0.39, 0.29) is 26.1 Å². The molecule has 8 nitrogen and oxygen atoms in total. The predicted octanol–water partition coefficient (Wildman–Crippen LogP) is 3.15. The second-order valence-electron chi connectivity index (χ2n) is 8.41. The first-order valence-electron chi connectivity index (χ1n) is 11.5. The molecule has 0 saturated carbocycles. The van der Waals surface area contributed by atoms with Crippen molar-refractivity contribution in [2.75, 3.05) is 13.2 Å². The van der Waals surface area contributed by atoms with E-state index >= 15 is 0 Å². The van der Waals surface area contributed by atoms with E-state index in [0.29, 0.717) is 15.9 Å². The SMILES string of the molecule is [2H]N(C(=O)C(C)(C)c1ccc(Cl)cc1)[C@H](C(=O)N[C@@H](CCC(=O)OCC)C(=O)OCC)C(C)C. The zero-order valence-corrected chi connectivity index (χ0v) is 20.9. The Hall–Kier alpha value is -2.61. The highest BCUT2D eigenvalue weighted by molar-refractivity contribution is 6.30. The number of esters is 2. The lowest BCUT2D eigenvalue weighted by Gasteiger charge is -2.30. The van der Waals surface area contributed by atoms with E-state index in [4.69, 9.17) is 22.5 Å². The normalized spacial score (nSPS) is 13.5. The van der Waals surface area contributed by atoms with Crippen LogP contribution >= 0.6 is 11.6 Å². The monoisotopic (exact) mass is 483 g/mol. The third kappa shape index (κ3) is 8.68. The zero-order valence-electron chi connectivity index (χ0n) is 21.1. The van der Waals surface area contributed by atoms with E-state index < -0.39 is 47.2 Å². The van der Waals surface area contributed by atoms with E-state index in [2.05, 4.69) is 5.32 Å². The molecule has 2 atom stereocenters. The molecule has 0 bridgehead atoms. The van der Waals surface area contributed by atoms with Crippen molar-refractivity contribution in [3.63, 3.8) is 0 Å². The second-order valence-corrected chi connectivity index (χ2v) is 8.85. The molecule has 0 heterocycles. The predicted molar refractivity (Wildman–Crippen MR) is 126 cm³/mol. The molecule has 9 heteroatoms. The average Bonchev–Trinajstić information content (AvgIpc) is 2.76. The number of carbonyl (C=O) groups is 4. The molecule has 1 aromatic rings. The third-order valence-electron chi connectivity index (χ3n) is 5.09. The van der Waals surface area contributed by atoms with Gasteiger partial charge in [0.2, 0.25) is 11.8 Å². The third-order valence-corrected chi connectivity index (χ3v) is 5.34. The van der Waals surface area contributed by atoms with Gasteiger partial charge in [-0.05, 0) is 57.7 Å². The molecule has 0 unspecified atom stereocenters. The highest BCUT2D eigenvalue weighted by Gasteiger charge is 2.35. The van der Waals surface area contributed by atoms with Crippen LogP contribution in [0, 0.1) is 5.92 Å². The fraction of sp³-hybridized carbons (Fsp3) is 0.583. The summed E-state index contributed by atoms with van der Waals surface area (Å²) in [5.41, 5.74) is -0.467. The molecule has 0 fully saturated rings. The molecule has 0 spiro atoms. The quantitative estimate of drug-likeness (QED) is 0.442. The van der Waals surface area contributed by atoms with Gasteiger partial charge >= 0.3 is 11.9 Å². The van der Waals surface area contributed by atoms with Crippen LogP contribution in [0.2, 0.25) is 6.43 Å². The lowest BCUT2D eigenvalue weighted by atomic mass is 9.83. The number of benzene rings is 1. The van der Waals surface area contributed by atoms with Crippen molar-refractivity contribution in [1.29, 1.82) is 0 Å². The van der Waals surface area contributed by atoms with Crippen molar-refractivity contribution < 1.29 is 30.1 Å². The molecular formula is C24H35ClN2O6. The number of halogens is 1. The van der Waals surface area contributed by atoms with Gasteiger partial charge in [0.15, 0.2) is 1.41 Å². The lowest BCUT2D eigenvalue weighted by molar-refractivity contribution is -0.149. The van der Waals surface area contributed by atoms with E-state index in [1.807, 2.05) is 0 Å². The van der Waals surface area contributed by atoms with E-state index in [1.165, 1.54) is 0 Å². The maximum atomic E-state index is 13.3. The number of nitrogens with one attached hydrogen (secondary N) is 2. The summed E-state index contributed by atoms with van der Waals surface area (Å²) in [5.74, 6) is -2.93. The van der Waals surface area contributed by atoms with Crippen molar-refractivity contribution in [1.82, 2.24) is 10.6 Å². The number of carbonyl (C=O) groups excluding carboxylic acids is 4. The van der Waals surface area contributed by atoms with E-state index in [9.17, 15) is 19.2 Å². The fourth-order valence-electron chi connectivity index (χ4n) is 3.03. The van der Waals surface area contributed by atoms with Gasteiger partial charge in [0, 0.05) is 11.4 Å². The summed E-state index contributed by atoms with van der Waals surface area (Å²) < 4.78 is 18.4. The fourth-order valence-corrected chi connectivity index (χ4v) is 3.16. The van der Waals surface area contributed by atoms with Crippen LogP contribution in [-0.4, -0.2) is 49.1 Å². The second kappa shape index (κ2) is 13.2. The minimum absolute atomic E-state index is 0.0313. The summed E-state index contributed by atoms with van der Waals surface area (Å²) in [6.45, 7) is 10.3. The van der Waals surface area contributed by atoms with Gasteiger partial charge in [-0.1, -0.05) is 37.6 Å². The Bertz CT molecular complexity index is 860. The van der Waals surface area contributed by atoms with Crippen LogP contribution in [-0.2, 0) is 34.1 Å². The van der Waals surface area contributed by atoms with Gasteiger partial charge in [0.05, 0.1) is 18.6 Å². The largest absolute Gasteiger partial charge is 0.466 e. The Labute approximate surface area is 202 Å². The summed E-state index contributed by atoms with van der Waals surface area (Å²) in [6.07, 6.45) is -0.131. The van der Waals surface area contributed by atoms with Crippen molar-refractivity contribution in [2.24, 2.45) is 5.92 Å². The molecule has 0 aliphatic heterocycles. The Balaban J connectivity index is 3.09. The molecule has 2 amide bonds. The van der Waals surface area contributed by atoms with Crippen molar-refractivity contribution >= 4 is 35.4 Å². The van der Waals surface area contributed by atoms with Crippen LogP contribution in [0.15, 0.2) is 24.3 Å². The Morgan fingerprint density at radius 1 is 1.06 bits per heavy atom. The minimum atomic E-state index is -1.18. The number of ether oxygens (including phenoxy) is 2. The van der Waals surface area contributed by atoms with Crippen LogP contribution in [0.25, 0.3) is 0 Å². The molecule has 0 saturated heterocycles. The van der Waals surface area contributed by atoms with Gasteiger partial charge in [0.1, 0.15) is 12.1 Å². The van der Waals surface area contributed by atoms with Gasteiger partial charge in [-0.15, -0.1) is 0 Å². The number of hydrogen-bond acceptors (Lipinski definition) is 6. The number of amides is 2. The van der Waals surface area contributed by atoms with Crippen LogP contribution in [0.5, 0.6) is 0 Å². The molecule has 1 rings (SSSR count). The molecule has 184 valence electrons. The molecule has 0 aliphatic rings. The summed E-state index contributed by atoms with van der Waals surface area (Å²) >= 11 is 5.94. The van der Waals surface area contributed by atoms with Crippen molar-refractivity contribution in [3.05, 3.63) is 34.9 Å². The topological polar surface area (TPSA) is 111 Å². The Morgan fingerprint density at radius 2 is 1.64 bits per heavy atom. The van der Waals surface area contributed by atoms with Crippen LogP contribution in [0.3, 0.4) is 0 Å². The Morgan fingerprint density at radius 3 is 2.15 bits per heavy atom. The summed E-state index contributed by atoms with van der Waals surface area (Å²) in [5, 5.41) is 3.73. The van der Waals surface area contributed by atoms with Crippen molar-refractivity contribution in [2.45, 2.75) is 71.9 Å². The van der Waals surface area contributed by atoms with Gasteiger partial charge in [-0.25, -0.2) is 4.79 Å². The maximum absolute atomic E-state index is 13.3. The van der Waals surface area contributed by atoms with E-state index in [1.54, 1.807) is 65.8 Å². The molecular weight excluding hydrogens is 448 g/mol. The first-order chi connectivity index (χ1) is 15.9. The van der Waals surface area contributed by atoms with Gasteiger partial charge < -0.3 is 20.1 Å². The summed E-state index contributed by atoms with van der Waals surface area (Å²) in [4.78, 5) is 50.6. The standard InChI is InChI=1S/C24H35ClN2O6/c1-7-32-19(28)14-13-18(22(30)33-8-2)26-21(29)20(15(3)4)27-23(31)24(5,6)16-9-11-17(25)12-10-16/h9-12,15,18,20H,7-8,13-14H2,1-6H3,(H,26,29)(H,27,31)/t18-,20-/m0/s1/i/hD. The highest BCUT2D eigenvalue weighted by Crippen LogP contribution is 2.25. The average molecular weight is 484 g/mol. The van der Waals surface area contributed by atoms with Gasteiger partial charge in [-0.2, -0.15) is 0 Å². The maximum Gasteiger partial charge on any atom is 0.328 e. The van der Waals surface area contributed by atoms with Crippen LogP contribution in [0.1, 0.15) is 59.9 Å². The molecule has 0 aliphatic carbocycles. The molecule has 0 radical (unpaired) electrons. The highest BCUT2D eigenvalue weighted by atomic mass is 35.5. The molecule has 2 N–H and O–H groups in total. The first-order valence-corrected chi connectivity index (χ1v) is 11.5. The van der Waals surface area contributed by atoms with Gasteiger partial charge in [0.25, 0.3) is 0 Å². The van der Waals surface area contributed by atoms with Crippen LogP contribution in [0.4, 0.5) is 0 Å². The van der Waals surface area contributed by atoms with Gasteiger partial charge in [-0.3, -0.25) is 14.4 Å².